The third kappa shape index (κ3) is 8.15. The Morgan fingerprint density at radius 1 is 1.07 bits per heavy atom. The molecule has 0 saturated heterocycles. The summed E-state index contributed by atoms with van der Waals surface area (Å²) in [6.07, 6.45) is -4.36. The average molecular weight is 664 g/mol. The van der Waals surface area contributed by atoms with E-state index in [0.717, 1.165) is 12.1 Å². The van der Waals surface area contributed by atoms with Crippen LogP contribution in [0, 0.1) is 5.82 Å². The third-order valence-corrected chi connectivity index (χ3v) is 8.08. The summed E-state index contributed by atoms with van der Waals surface area (Å²) in [6, 6.07) is 6.72. The predicted molar refractivity (Wildman–Crippen MR) is 149 cm³/mol. The number of nitrogens with zero attached hydrogens (tertiary/aromatic N) is 2. The van der Waals surface area contributed by atoms with Crippen LogP contribution in [0.15, 0.2) is 41.0 Å². The first kappa shape index (κ1) is 32.3. The molecule has 3 aromatic rings. The number of halogens is 5. The van der Waals surface area contributed by atoms with Crippen LogP contribution in [0.1, 0.15) is 35.3 Å². The van der Waals surface area contributed by atoms with Gasteiger partial charge in [0.05, 0.1) is 47.9 Å². The van der Waals surface area contributed by atoms with Crippen molar-refractivity contribution in [2.45, 2.75) is 26.2 Å². The zero-order chi connectivity index (χ0) is 30.4. The molecule has 10 nitrogen and oxygen atoms in total. The van der Waals surface area contributed by atoms with E-state index in [1.165, 1.54) is 20.2 Å². The number of nitrogens with one attached hydrogen (secondary N) is 3. The number of alkyl halides is 3. The molecular weight excluding hydrogens is 637 g/mol. The van der Waals surface area contributed by atoms with Crippen LogP contribution >= 0.6 is 23.5 Å². The first-order valence-electron chi connectivity index (χ1n) is 12.1. The number of ether oxygens (including phenoxy) is 1. The maximum absolute atomic E-state index is 14.3. The van der Waals surface area contributed by atoms with Crippen molar-refractivity contribution in [2.75, 3.05) is 38.0 Å². The van der Waals surface area contributed by atoms with Crippen molar-refractivity contribution in [3.63, 3.8) is 0 Å². The molecule has 0 aliphatic rings. The monoisotopic (exact) mass is 663 g/mol. The Balaban J connectivity index is 1.99. The highest BCUT2D eigenvalue weighted by Crippen LogP contribution is 2.51. The number of benzene rings is 2. The lowest BCUT2D eigenvalue weighted by Crippen LogP contribution is -2.20. The fourth-order valence-electron chi connectivity index (χ4n) is 3.65. The van der Waals surface area contributed by atoms with E-state index in [4.69, 9.17) is 13.8 Å². The standard InChI is InChI=1S/C25H27BrF4N5O5P/c1-5-39-41(37,40-6-2)13-14-7-8-19(21(9-14)38-4)34-24-32-12-16(25(28,29)30)22(35-24)33-20-11-18(27)17(26)10-15(20)23(36)31-3/h7-12H,5-6,13H2,1-4H3,(H,31,36)(H2,32,33,34,35). The lowest BCUT2D eigenvalue weighted by Gasteiger charge is -2.19. The Hall–Kier alpha value is -3.26. The second-order valence-electron chi connectivity index (χ2n) is 8.23. The lowest BCUT2D eigenvalue weighted by molar-refractivity contribution is -0.137. The maximum Gasteiger partial charge on any atom is 0.421 e. The van der Waals surface area contributed by atoms with Gasteiger partial charge in [0.25, 0.3) is 5.91 Å². The summed E-state index contributed by atoms with van der Waals surface area (Å²) in [6.45, 7) is 3.76. The number of hydrogen-bond acceptors (Lipinski definition) is 9. The van der Waals surface area contributed by atoms with Crippen LogP contribution in [0.3, 0.4) is 0 Å². The van der Waals surface area contributed by atoms with E-state index in [1.54, 1.807) is 26.0 Å². The van der Waals surface area contributed by atoms with Crippen LogP contribution in [-0.2, 0) is 26.0 Å². The van der Waals surface area contributed by atoms with Gasteiger partial charge in [0.1, 0.15) is 22.9 Å². The molecule has 222 valence electrons. The van der Waals surface area contributed by atoms with Gasteiger partial charge in [-0.1, -0.05) is 6.07 Å². The predicted octanol–water partition coefficient (Wildman–Crippen LogP) is 7.02. The molecule has 0 radical (unpaired) electrons. The minimum atomic E-state index is -4.88. The highest BCUT2D eigenvalue weighted by Gasteiger charge is 2.36. The van der Waals surface area contributed by atoms with Gasteiger partial charge in [-0.05, 0) is 59.6 Å². The molecule has 41 heavy (non-hydrogen) atoms. The van der Waals surface area contributed by atoms with Gasteiger partial charge in [-0.25, -0.2) is 9.37 Å². The van der Waals surface area contributed by atoms with E-state index >= 15 is 0 Å². The molecule has 0 atom stereocenters. The topological polar surface area (TPSA) is 124 Å². The lowest BCUT2D eigenvalue weighted by atomic mass is 10.1. The Bertz CT molecular complexity index is 1450. The van der Waals surface area contributed by atoms with Crippen molar-refractivity contribution in [3.8, 4) is 5.75 Å². The van der Waals surface area contributed by atoms with Crippen LogP contribution in [0.5, 0.6) is 5.75 Å². The quantitative estimate of drug-likeness (QED) is 0.139. The molecule has 0 aliphatic heterocycles. The van der Waals surface area contributed by atoms with Gasteiger partial charge in [-0.3, -0.25) is 9.36 Å². The van der Waals surface area contributed by atoms with Gasteiger partial charge in [-0.15, -0.1) is 0 Å². The molecule has 0 unspecified atom stereocenters. The molecule has 3 rings (SSSR count). The molecule has 0 aliphatic carbocycles. The van der Waals surface area contributed by atoms with E-state index < -0.39 is 36.9 Å². The molecule has 0 fully saturated rings. The summed E-state index contributed by atoms with van der Waals surface area (Å²) >= 11 is 2.97. The van der Waals surface area contributed by atoms with Gasteiger partial charge < -0.3 is 29.7 Å². The Morgan fingerprint density at radius 3 is 2.34 bits per heavy atom. The van der Waals surface area contributed by atoms with Crippen molar-refractivity contribution in [1.82, 2.24) is 15.3 Å². The van der Waals surface area contributed by atoms with Crippen molar-refractivity contribution < 1.29 is 40.7 Å². The number of aromatic nitrogens is 2. The summed E-state index contributed by atoms with van der Waals surface area (Å²) in [5, 5.41) is 7.56. The Kier molecular flexibility index (Phi) is 10.7. The van der Waals surface area contributed by atoms with Gasteiger partial charge in [0.15, 0.2) is 0 Å². The summed E-state index contributed by atoms with van der Waals surface area (Å²) < 4.78 is 84.7. The second-order valence-corrected chi connectivity index (χ2v) is 11.1. The van der Waals surface area contributed by atoms with E-state index in [9.17, 15) is 26.9 Å². The Morgan fingerprint density at radius 2 is 1.76 bits per heavy atom. The van der Waals surface area contributed by atoms with Crippen LogP contribution in [0.2, 0.25) is 0 Å². The van der Waals surface area contributed by atoms with Crippen molar-refractivity contribution in [1.29, 1.82) is 0 Å². The Labute approximate surface area is 241 Å². The molecule has 1 aromatic heterocycles. The number of rotatable bonds is 12. The maximum atomic E-state index is 14.3. The van der Waals surface area contributed by atoms with E-state index in [-0.39, 0.29) is 52.5 Å². The summed E-state index contributed by atoms with van der Waals surface area (Å²) in [4.78, 5) is 20.1. The highest BCUT2D eigenvalue weighted by atomic mass is 79.9. The van der Waals surface area contributed by atoms with Gasteiger partial charge >= 0.3 is 13.8 Å². The minimum Gasteiger partial charge on any atom is -0.495 e. The molecular formula is C25H27BrF4N5O5P. The number of methoxy groups -OCH3 is 1. The fraction of sp³-hybridized carbons (Fsp3) is 0.320. The fourth-order valence-corrected chi connectivity index (χ4v) is 5.68. The zero-order valence-electron chi connectivity index (χ0n) is 22.4. The zero-order valence-corrected chi connectivity index (χ0v) is 24.8. The van der Waals surface area contributed by atoms with Crippen LogP contribution in [0.25, 0.3) is 0 Å². The first-order valence-corrected chi connectivity index (χ1v) is 14.6. The number of carbonyl (C=O) groups is 1. The smallest absolute Gasteiger partial charge is 0.421 e. The van der Waals surface area contributed by atoms with Crippen molar-refractivity contribution in [2.24, 2.45) is 0 Å². The van der Waals surface area contributed by atoms with Crippen molar-refractivity contribution >= 4 is 52.6 Å². The van der Waals surface area contributed by atoms with Crippen LogP contribution < -0.4 is 20.7 Å². The minimum absolute atomic E-state index is 0.0341. The molecule has 0 saturated carbocycles. The highest BCUT2D eigenvalue weighted by molar-refractivity contribution is 9.10. The second kappa shape index (κ2) is 13.6. The van der Waals surface area contributed by atoms with Gasteiger partial charge in [0.2, 0.25) is 5.95 Å². The largest absolute Gasteiger partial charge is 0.495 e. The molecule has 0 spiro atoms. The number of carbonyl (C=O) groups excluding carboxylic acids is 1. The molecule has 1 heterocycles. The number of amides is 1. The third-order valence-electron chi connectivity index (χ3n) is 5.42. The van der Waals surface area contributed by atoms with E-state index in [1.807, 2.05) is 0 Å². The normalized spacial score (nSPS) is 11.7. The van der Waals surface area contributed by atoms with E-state index in [0.29, 0.717) is 11.8 Å². The first-order chi connectivity index (χ1) is 19.3. The average Bonchev–Trinajstić information content (AvgIpc) is 2.90. The molecule has 0 bridgehead atoms. The molecule has 2 aromatic carbocycles. The summed E-state index contributed by atoms with van der Waals surface area (Å²) in [5.74, 6) is -2.23. The van der Waals surface area contributed by atoms with Crippen LogP contribution in [0.4, 0.5) is 40.7 Å². The molecule has 16 heteroatoms. The van der Waals surface area contributed by atoms with Crippen molar-refractivity contribution in [3.05, 3.63) is 63.5 Å². The molecule has 3 N–H and O–H groups in total. The van der Waals surface area contributed by atoms with Gasteiger partial charge in [-0.2, -0.15) is 18.2 Å². The number of hydrogen-bond donors (Lipinski definition) is 3. The SMILES string of the molecule is CCOP(=O)(Cc1ccc(Nc2ncc(C(F)(F)F)c(Nc3cc(F)c(Br)cc3C(=O)NC)n2)c(OC)c1)OCC. The van der Waals surface area contributed by atoms with E-state index in [2.05, 4.69) is 41.8 Å². The van der Waals surface area contributed by atoms with Gasteiger partial charge in [0, 0.05) is 13.2 Å². The summed E-state index contributed by atoms with van der Waals surface area (Å²) in [5.41, 5.74) is -0.789. The summed E-state index contributed by atoms with van der Waals surface area (Å²) in [7, 11) is -0.714. The van der Waals surface area contributed by atoms with Crippen LogP contribution in [-0.4, -0.2) is 43.2 Å². The number of anilines is 4. The molecule has 1 amide bonds.